The average molecular weight is 372 g/mol. The van der Waals surface area contributed by atoms with Gasteiger partial charge in [0.15, 0.2) is 0 Å². The molecule has 2 saturated heterocycles. The van der Waals surface area contributed by atoms with E-state index in [0.717, 1.165) is 49.4 Å². The number of aliphatic carboxylic acids is 1. The number of amides is 1. The highest BCUT2D eigenvalue weighted by atomic mass is 16.4. The largest absolute Gasteiger partial charge is 0.481 e. The van der Waals surface area contributed by atoms with E-state index in [2.05, 4.69) is 21.8 Å². The first kappa shape index (κ1) is 18.2. The number of carboxylic acids is 1. The monoisotopic (exact) mass is 372 g/mol. The fourth-order valence-corrected chi connectivity index (χ4v) is 4.78. The van der Waals surface area contributed by atoms with Crippen molar-refractivity contribution in [2.45, 2.75) is 46.0 Å². The fourth-order valence-electron chi connectivity index (χ4n) is 4.78. The van der Waals surface area contributed by atoms with Gasteiger partial charge < -0.3 is 14.9 Å². The standard InChI is InChI=1S/C20H28N4O3/c1-3-5-16-8-17(22-13(2)21-16)23-9-15-10-24(18(25)14-6-4-7-14)12-20(15,11-23)19(26)27/h8,14-15H,3-7,9-12H2,1-2H3,(H,26,27)/t15-,20-/m1/s1. The van der Waals surface area contributed by atoms with E-state index < -0.39 is 11.4 Å². The predicted octanol–water partition coefficient (Wildman–Crippen LogP) is 1.89. The summed E-state index contributed by atoms with van der Waals surface area (Å²) in [5.41, 5.74) is 0.117. The van der Waals surface area contributed by atoms with Gasteiger partial charge in [-0.15, -0.1) is 0 Å². The minimum Gasteiger partial charge on any atom is -0.481 e. The van der Waals surface area contributed by atoms with Crippen LogP contribution in [0.1, 0.15) is 44.1 Å². The highest BCUT2D eigenvalue weighted by molar-refractivity contribution is 5.84. The molecule has 3 fully saturated rings. The maximum atomic E-state index is 12.6. The lowest BCUT2D eigenvalue weighted by atomic mass is 9.81. The molecule has 0 spiro atoms. The minimum atomic E-state index is -0.886. The first-order chi connectivity index (χ1) is 12.9. The van der Waals surface area contributed by atoms with E-state index in [9.17, 15) is 14.7 Å². The zero-order valence-corrected chi connectivity index (χ0v) is 16.1. The Hall–Kier alpha value is -2.18. The van der Waals surface area contributed by atoms with Gasteiger partial charge in [-0.2, -0.15) is 0 Å². The van der Waals surface area contributed by atoms with Crippen LogP contribution in [0.3, 0.4) is 0 Å². The Morgan fingerprint density at radius 3 is 2.63 bits per heavy atom. The molecule has 1 aromatic heterocycles. The summed E-state index contributed by atoms with van der Waals surface area (Å²) in [6, 6.07) is 1.99. The lowest BCUT2D eigenvalue weighted by Crippen LogP contribution is -2.44. The van der Waals surface area contributed by atoms with Crippen molar-refractivity contribution in [1.82, 2.24) is 14.9 Å². The lowest BCUT2D eigenvalue weighted by Gasteiger charge is -2.31. The van der Waals surface area contributed by atoms with Crippen molar-refractivity contribution in [3.05, 3.63) is 17.6 Å². The van der Waals surface area contributed by atoms with Crippen LogP contribution in [-0.4, -0.2) is 58.0 Å². The van der Waals surface area contributed by atoms with E-state index in [0.29, 0.717) is 26.2 Å². The van der Waals surface area contributed by atoms with E-state index in [1.54, 1.807) is 0 Å². The van der Waals surface area contributed by atoms with Crippen molar-refractivity contribution in [2.24, 2.45) is 17.3 Å². The number of likely N-dealkylation sites (tertiary alicyclic amines) is 1. The van der Waals surface area contributed by atoms with Crippen LogP contribution in [-0.2, 0) is 16.0 Å². The molecule has 1 N–H and O–H groups in total. The predicted molar refractivity (Wildman–Crippen MR) is 100 cm³/mol. The quantitative estimate of drug-likeness (QED) is 0.849. The molecule has 0 radical (unpaired) electrons. The Bertz CT molecular complexity index is 764. The smallest absolute Gasteiger partial charge is 0.313 e. The van der Waals surface area contributed by atoms with E-state index in [1.807, 2.05) is 17.9 Å². The molecule has 146 valence electrons. The summed E-state index contributed by atoms with van der Waals surface area (Å²) >= 11 is 0. The first-order valence-electron chi connectivity index (χ1n) is 10.0. The molecule has 0 aromatic carbocycles. The number of carbonyl (C=O) groups excluding carboxylic acids is 1. The summed E-state index contributed by atoms with van der Waals surface area (Å²) in [4.78, 5) is 37.8. The molecule has 4 rings (SSSR count). The zero-order chi connectivity index (χ0) is 19.2. The number of carbonyl (C=O) groups is 2. The van der Waals surface area contributed by atoms with Crippen molar-refractivity contribution >= 4 is 17.7 Å². The van der Waals surface area contributed by atoms with Crippen LogP contribution in [0.2, 0.25) is 0 Å². The van der Waals surface area contributed by atoms with Crippen molar-refractivity contribution in [3.63, 3.8) is 0 Å². The van der Waals surface area contributed by atoms with Crippen molar-refractivity contribution in [1.29, 1.82) is 0 Å². The number of rotatable bonds is 5. The van der Waals surface area contributed by atoms with Crippen LogP contribution < -0.4 is 4.90 Å². The zero-order valence-electron chi connectivity index (χ0n) is 16.1. The fraction of sp³-hybridized carbons (Fsp3) is 0.700. The molecule has 1 amide bonds. The van der Waals surface area contributed by atoms with Gasteiger partial charge in [-0.3, -0.25) is 9.59 Å². The maximum Gasteiger partial charge on any atom is 0.313 e. The molecule has 0 unspecified atom stereocenters. The highest BCUT2D eigenvalue weighted by Gasteiger charge is 2.59. The van der Waals surface area contributed by atoms with Gasteiger partial charge in [0.05, 0.1) is 0 Å². The van der Waals surface area contributed by atoms with Crippen LogP contribution in [0.4, 0.5) is 5.82 Å². The van der Waals surface area contributed by atoms with Crippen LogP contribution in [0.25, 0.3) is 0 Å². The molecule has 0 bridgehead atoms. The summed E-state index contributed by atoms with van der Waals surface area (Å²) in [6.45, 7) is 5.90. The molecule has 7 heteroatoms. The molecule has 1 aliphatic carbocycles. The molecule has 1 saturated carbocycles. The molecule has 1 aromatic rings. The summed E-state index contributed by atoms with van der Waals surface area (Å²) < 4.78 is 0. The number of anilines is 1. The number of hydrogen-bond donors (Lipinski definition) is 1. The maximum absolute atomic E-state index is 12.6. The minimum absolute atomic E-state index is 0.0519. The Morgan fingerprint density at radius 1 is 1.26 bits per heavy atom. The van der Waals surface area contributed by atoms with E-state index in [-0.39, 0.29) is 17.7 Å². The third-order valence-electron chi connectivity index (χ3n) is 6.51. The summed E-state index contributed by atoms with van der Waals surface area (Å²) in [5.74, 6) is 0.970. The summed E-state index contributed by atoms with van der Waals surface area (Å²) in [7, 11) is 0. The number of carboxylic acid groups (broad SMARTS) is 1. The molecule has 7 nitrogen and oxygen atoms in total. The van der Waals surface area contributed by atoms with Gasteiger partial charge >= 0.3 is 5.97 Å². The van der Waals surface area contributed by atoms with Gasteiger partial charge in [0.25, 0.3) is 0 Å². The summed E-state index contributed by atoms with van der Waals surface area (Å²) in [6.07, 6.45) is 4.91. The Balaban J connectivity index is 1.55. The molecule has 27 heavy (non-hydrogen) atoms. The van der Waals surface area contributed by atoms with Crippen LogP contribution in [0.15, 0.2) is 6.07 Å². The van der Waals surface area contributed by atoms with Crippen molar-refractivity contribution in [3.8, 4) is 0 Å². The van der Waals surface area contributed by atoms with Gasteiger partial charge in [0.2, 0.25) is 5.91 Å². The molecule has 2 atom stereocenters. The van der Waals surface area contributed by atoms with E-state index in [4.69, 9.17) is 0 Å². The number of hydrogen-bond acceptors (Lipinski definition) is 5. The van der Waals surface area contributed by atoms with Gasteiger partial charge in [0.1, 0.15) is 17.1 Å². The van der Waals surface area contributed by atoms with Crippen molar-refractivity contribution in [2.75, 3.05) is 31.1 Å². The second-order valence-corrected chi connectivity index (χ2v) is 8.40. The lowest BCUT2D eigenvalue weighted by molar-refractivity contribution is -0.149. The normalized spacial score (nSPS) is 27.6. The third kappa shape index (κ3) is 3.07. The third-order valence-corrected chi connectivity index (χ3v) is 6.51. The Kier molecular flexibility index (Phi) is 4.56. The molecular formula is C20H28N4O3. The second kappa shape index (κ2) is 6.77. The van der Waals surface area contributed by atoms with Crippen molar-refractivity contribution < 1.29 is 14.7 Å². The molecular weight excluding hydrogens is 344 g/mol. The molecule has 3 heterocycles. The van der Waals surface area contributed by atoms with Gasteiger partial charge in [-0.05, 0) is 26.2 Å². The summed E-state index contributed by atoms with van der Waals surface area (Å²) in [5, 5.41) is 10.0. The van der Waals surface area contributed by atoms with Crippen LogP contribution in [0.5, 0.6) is 0 Å². The molecule has 3 aliphatic rings. The van der Waals surface area contributed by atoms with E-state index >= 15 is 0 Å². The van der Waals surface area contributed by atoms with Crippen LogP contribution in [0, 0.1) is 24.2 Å². The van der Waals surface area contributed by atoms with E-state index in [1.165, 1.54) is 0 Å². The van der Waals surface area contributed by atoms with Gasteiger partial charge in [-0.1, -0.05) is 19.8 Å². The average Bonchev–Trinajstić information content (AvgIpc) is 3.08. The number of aromatic nitrogens is 2. The Labute approximate surface area is 159 Å². The SMILES string of the molecule is CCCc1cc(N2C[C@@H]3CN(C(=O)C4CCC4)C[C@]3(C(=O)O)C2)nc(C)n1. The highest BCUT2D eigenvalue weighted by Crippen LogP contribution is 2.45. The number of nitrogens with zero attached hydrogens (tertiary/aromatic N) is 4. The number of fused-ring (bicyclic) bond motifs is 1. The topological polar surface area (TPSA) is 86.6 Å². The van der Waals surface area contributed by atoms with Gasteiger partial charge in [0, 0.05) is 49.8 Å². The number of aryl methyl sites for hydroxylation is 2. The van der Waals surface area contributed by atoms with Gasteiger partial charge in [-0.25, -0.2) is 9.97 Å². The Morgan fingerprint density at radius 2 is 2.04 bits per heavy atom. The van der Waals surface area contributed by atoms with Crippen LogP contribution >= 0.6 is 0 Å². The second-order valence-electron chi connectivity index (χ2n) is 8.40. The molecule has 2 aliphatic heterocycles. The first-order valence-corrected chi connectivity index (χ1v) is 10.0.